The normalized spacial score (nSPS) is 18.0. The Morgan fingerprint density at radius 3 is 2.34 bits per heavy atom. The van der Waals surface area contributed by atoms with Crippen molar-refractivity contribution in [2.75, 3.05) is 34.3 Å². The number of Topliss-reactive ketones (excluding diaryl/α,β-unsaturated/α-hetero) is 1. The van der Waals surface area contributed by atoms with Gasteiger partial charge in [0.15, 0.2) is 0 Å². The molecule has 2 aromatic carbocycles. The number of para-hydroxylation sites is 1. The average Bonchev–Trinajstić information content (AvgIpc) is 3.01. The molecule has 0 saturated carbocycles. The topological polar surface area (TPSA) is 83.3 Å². The van der Waals surface area contributed by atoms with E-state index in [0.29, 0.717) is 35.7 Å². The summed E-state index contributed by atoms with van der Waals surface area (Å²) < 4.78 is 11.1. The molecular weight excluding hydrogens is 408 g/mol. The minimum Gasteiger partial charge on any atom is -0.872 e. The van der Waals surface area contributed by atoms with Gasteiger partial charge in [-0.1, -0.05) is 36.1 Å². The first-order valence-electron chi connectivity index (χ1n) is 10.7. The van der Waals surface area contributed by atoms with Crippen LogP contribution in [0, 0.1) is 0 Å². The highest BCUT2D eigenvalue weighted by molar-refractivity contribution is 6.46. The van der Waals surface area contributed by atoms with Gasteiger partial charge < -0.3 is 24.4 Å². The summed E-state index contributed by atoms with van der Waals surface area (Å²) in [7, 11) is 5.47. The van der Waals surface area contributed by atoms with Crippen LogP contribution in [0.3, 0.4) is 0 Å². The second-order valence-electron chi connectivity index (χ2n) is 8.36. The Hall–Kier alpha value is -3.32. The van der Waals surface area contributed by atoms with E-state index in [1.165, 1.54) is 12.0 Å². The standard InChI is InChI=1S/C25H30N2O5/c1-16(2)32-18-12-10-17(11-13-18)23(28)21-22(19-8-6-7-9-20(19)31-5)27(15-14-26(3)4)25(30)24(21)29/h6-13,16,22,28H,14-15H2,1-5H3. The molecule has 1 fully saturated rings. The molecule has 0 radical (unpaired) electrons. The summed E-state index contributed by atoms with van der Waals surface area (Å²) >= 11 is 0. The minimum absolute atomic E-state index is 0.00210. The predicted octanol–water partition coefficient (Wildman–Crippen LogP) is 0.851. The summed E-state index contributed by atoms with van der Waals surface area (Å²) in [5.41, 5.74) is 0.897. The van der Waals surface area contributed by atoms with Gasteiger partial charge in [0.05, 0.1) is 46.4 Å². The van der Waals surface area contributed by atoms with Crippen LogP contribution in [-0.4, -0.2) is 57.0 Å². The number of carbonyl (C=O) groups excluding carboxylic acids is 2. The molecule has 32 heavy (non-hydrogen) atoms. The molecule has 1 aliphatic heterocycles. The van der Waals surface area contributed by atoms with E-state index in [1.54, 1.807) is 42.5 Å². The monoisotopic (exact) mass is 438 g/mol. The third-order valence-corrected chi connectivity index (χ3v) is 5.30. The zero-order valence-corrected chi connectivity index (χ0v) is 19.2. The Bertz CT molecular complexity index is 1010. The number of likely N-dealkylation sites (N-methyl/N-ethyl adjacent to an activating group) is 1. The summed E-state index contributed by atoms with van der Waals surface area (Å²) in [5, 5.41) is 13.5. The molecule has 0 aromatic heterocycles. The van der Waals surface area contributed by atoms with Crippen molar-refractivity contribution in [1.82, 2.24) is 4.90 Å². The first-order valence-corrected chi connectivity index (χ1v) is 10.7. The molecule has 170 valence electrons. The molecule has 1 saturated heterocycles. The number of ketones is 1. The molecule has 1 heterocycles. The molecule has 1 aliphatic rings. The molecule has 0 bridgehead atoms. The van der Waals surface area contributed by atoms with Crippen LogP contribution in [-0.2, 0) is 9.59 Å². The van der Waals surface area contributed by atoms with Crippen molar-refractivity contribution in [1.29, 1.82) is 0 Å². The van der Waals surface area contributed by atoms with E-state index >= 15 is 0 Å². The summed E-state index contributed by atoms with van der Waals surface area (Å²) in [4.78, 5) is 28.6. The Morgan fingerprint density at radius 1 is 1.09 bits per heavy atom. The number of ether oxygens (including phenoxy) is 2. The minimum atomic E-state index is -0.801. The SMILES string of the molecule is COc1ccccc1C1C(=C([O-])c2ccc(OC(C)C)cc2)C(=O)C(=O)N1CC[NH+](C)C. The van der Waals surface area contributed by atoms with Crippen LogP contribution in [0.15, 0.2) is 54.1 Å². The number of nitrogens with zero attached hydrogens (tertiary/aromatic N) is 1. The van der Waals surface area contributed by atoms with Crippen LogP contribution >= 0.6 is 0 Å². The highest BCUT2D eigenvalue weighted by atomic mass is 16.5. The highest BCUT2D eigenvalue weighted by Gasteiger charge is 2.45. The Labute approximate surface area is 188 Å². The van der Waals surface area contributed by atoms with Crippen LogP contribution in [0.25, 0.3) is 5.76 Å². The van der Waals surface area contributed by atoms with Crippen molar-refractivity contribution in [3.05, 3.63) is 65.2 Å². The summed E-state index contributed by atoms with van der Waals surface area (Å²) in [5.74, 6) is -0.733. The number of likely N-dealkylation sites (tertiary alicyclic amines) is 1. The van der Waals surface area contributed by atoms with Crippen molar-refractivity contribution in [2.45, 2.75) is 26.0 Å². The maximum absolute atomic E-state index is 13.5. The fourth-order valence-electron chi connectivity index (χ4n) is 3.77. The number of amides is 1. The Morgan fingerprint density at radius 2 is 1.75 bits per heavy atom. The van der Waals surface area contributed by atoms with E-state index in [1.807, 2.05) is 34.0 Å². The fourth-order valence-corrected chi connectivity index (χ4v) is 3.77. The third kappa shape index (κ3) is 4.78. The maximum Gasteiger partial charge on any atom is 0.295 e. The molecule has 1 unspecified atom stereocenters. The second-order valence-corrected chi connectivity index (χ2v) is 8.36. The van der Waals surface area contributed by atoms with E-state index in [0.717, 1.165) is 4.90 Å². The molecule has 0 aliphatic carbocycles. The van der Waals surface area contributed by atoms with E-state index < -0.39 is 23.5 Å². The van der Waals surface area contributed by atoms with Gasteiger partial charge in [0.2, 0.25) is 5.78 Å². The van der Waals surface area contributed by atoms with Crippen molar-refractivity contribution < 1.29 is 29.1 Å². The highest BCUT2D eigenvalue weighted by Crippen LogP contribution is 2.41. The van der Waals surface area contributed by atoms with E-state index in [2.05, 4.69) is 0 Å². The molecule has 2 aromatic rings. The number of methoxy groups -OCH3 is 1. The van der Waals surface area contributed by atoms with Crippen LogP contribution in [0.5, 0.6) is 11.5 Å². The zero-order chi connectivity index (χ0) is 23.4. The van der Waals surface area contributed by atoms with Gasteiger partial charge in [-0.25, -0.2) is 0 Å². The number of quaternary nitrogens is 1. The number of nitrogens with one attached hydrogen (secondary N) is 1. The number of hydrogen-bond donors (Lipinski definition) is 1. The van der Waals surface area contributed by atoms with Gasteiger partial charge in [0, 0.05) is 11.1 Å². The zero-order valence-electron chi connectivity index (χ0n) is 19.2. The van der Waals surface area contributed by atoms with Gasteiger partial charge in [0.25, 0.3) is 5.91 Å². The average molecular weight is 439 g/mol. The van der Waals surface area contributed by atoms with Gasteiger partial charge >= 0.3 is 0 Å². The van der Waals surface area contributed by atoms with Gasteiger partial charge in [-0.2, -0.15) is 0 Å². The van der Waals surface area contributed by atoms with Crippen LogP contribution in [0.4, 0.5) is 0 Å². The second kappa shape index (κ2) is 9.87. The van der Waals surface area contributed by atoms with Gasteiger partial charge in [-0.15, -0.1) is 0 Å². The molecule has 7 nitrogen and oxygen atoms in total. The first-order chi connectivity index (χ1) is 15.2. The predicted molar refractivity (Wildman–Crippen MR) is 119 cm³/mol. The van der Waals surface area contributed by atoms with Gasteiger partial charge in [-0.05, 0) is 37.6 Å². The Balaban J connectivity index is 2.12. The van der Waals surface area contributed by atoms with Crippen molar-refractivity contribution in [3.8, 4) is 11.5 Å². The summed E-state index contributed by atoms with van der Waals surface area (Å²) in [6, 6.07) is 13.0. The lowest BCUT2D eigenvalue weighted by molar-refractivity contribution is -0.857. The lowest BCUT2D eigenvalue weighted by atomic mass is 9.94. The van der Waals surface area contributed by atoms with Gasteiger partial charge in [-0.3, -0.25) is 9.59 Å². The number of benzene rings is 2. The summed E-state index contributed by atoms with van der Waals surface area (Å²) in [6.45, 7) is 4.81. The first kappa shape index (κ1) is 23.3. The molecular formula is C25H30N2O5. The summed E-state index contributed by atoms with van der Waals surface area (Å²) in [6.07, 6.45) is 0.00210. The molecule has 0 spiro atoms. The van der Waals surface area contributed by atoms with Crippen LogP contribution in [0.1, 0.15) is 31.0 Å². The number of rotatable bonds is 8. The number of carbonyl (C=O) groups is 2. The van der Waals surface area contributed by atoms with Crippen LogP contribution in [0.2, 0.25) is 0 Å². The van der Waals surface area contributed by atoms with Crippen molar-refractivity contribution in [2.24, 2.45) is 0 Å². The molecule has 1 atom stereocenters. The van der Waals surface area contributed by atoms with E-state index in [4.69, 9.17) is 9.47 Å². The smallest absolute Gasteiger partial charge is 0.295 e. The largest absolute Gasteiger partial charge is 0.872 e. The molecule has 1 amide bonds. The molecule has 7 heteroatoms. The number of hydrogen-bond acceptors (Lipinski definition) is 5. The van der Waals surface area contributed by atoms with Gasteiger partial charge in [0.1, 0.15) is 11.5 Å². The lowest BCUT2D eigenvalue weighted by Crippen LogP contribution is -3.06. The third-order valence-electron chi connectivity index (χ3n) is 5.30. The molecule has 1 N–H and O–H groups in total. The van der Waals surface area contributed by atoms with Crippen molar-refractivity contribution >= 4 is 17.4 Å². The lowest BCUT2D eigenvalue weighted by Gasteiger charge is -2.28. The Kier molecular flexibility index (Phi) is 7.20. The fraction of sp³-hybridized carbons (Fsp3) is 0.360. The van der Waals surface area contributed by atoms with Crippen molar-refractivity contribution in [3.63, 3.8) is 0 Å². The maximum atomic E-state index is 13.5. The van der Waals surface area contributed by atoms with E-state index in [9.17, 15) is 14.7 Å². The van der Waals surface area contributed by atoms with E-state index in [-0.39, 0.29) is 11.7 Å². The molecule has 3 rings (SSSR count). The quantitative estimate of drug-likeness (QED) is 0.375. The van der Waals surface area contributed by atoms with Crippen LogP contribution < -0.4 is 19.5 Å².